The van der Waals surface area contributed by atoms with Crippen molar-refractivity contribution in [3.05, 3.63) is 35.6 Å². The van der Waals surface area contributed by atoms with E-state index in [1.807, 2.05) is 7.05 Å². The molecule has 0 unspecified atom stereocenters. The molecule has 0 radical (unpaired) electrons. The molecule has 17 heavy (non-hydrogen) atoms. The third-order valence-electron chi connectivity index (χ3n) is 2.58. The van der Waals surface area contributed by atoms with Crippen LogP contribution in [0.15, 0.2) is 24.3 Å². The van der Waals surface area contributed by atoms with Gasteiger partial charge in [0, 0.05) is 12.0 Å². The summed E-state index contributed by atoms with van der Waals surface area (Å²) in [5, 5.41) is 5.77. The predicted molar refractivity (Wildman–Crippen MR) is 66.1 cm³/mol. The Balaban J connectivity index is 2.46. The van der Waals surface area contributed by atoms with Crippen molar-refractivity contribution < 1.29 is 9.18 Å². The Kier molecular flexibility index (Phi) is 5.63. The van der Waals surface area contributed by atoms with Gasteiger partial charge in [0.15, 0.2) is 0 Å². The lowest BCUT2D eigenvalue weighted by Gasteiger charge is -2.14. The van der Waals surface area contributed by atoms with Crippen molar-refractivity contribution in [1.82, 2.24) is 10.6 Å². The van der Waals surface area contributed by atoms with Crippen LogP contribution in [0, 0.1) is 5.82 Å². The fourth-order valence-corrected chi connectivity index (χ4v) is 1.64. The first-order valence-electron chi connectivity index (χ1n) is 5.83. The standard InChI is InChI=1S/C13H19FN2O/c1-10(11-6-3-4-7-12(11)14)16-13(17)8-5-9-15-2/h3-4,6-7,10,15H,5,8-9H2,1-2H3,(H,16,17)/t10-/m1/s1. The highest BCUT2D eigenvalue weighted by Gasteiger charge is 2.12. The summed E-state index contributed by atoms with van der Waals surface area (Å²) < 4.78 is 13.4. The minimum atomic E-state index is -0.293. The summed E-state index contributed by atoms with van der Waals surface area (Å²) in [5.41, 5.74) is 0.523. The third kappa shape index (κ3) is 4.53. The van der Waals surface area contributed by atoms with E-state index in [0.29, 0.717) is 12.0 Å². The fourth-order valence-electron chi connectivity index (χ4n) is 1.64. The summed E-state index contributed by atoms with van der Waals surface area (Å²) in [6, 6.07) is 6.20. The molecule has 0 bridgehead atoms. The molecule has 3 nitrogen and oxygen atoms in total. The summed E-state index contributed by atoms with van der Waals surface area (Å²) in [4.78, 5) is 11.6. The largest absolute Gasteiger partial charge is 0.349 e. The molecule has 94 valence electrons. The molecule has 0 saturated carbocycles. The Morgan fingerprint density at radius 3 is 2.76 bits per heavy atom. The van der Waals surface area contributed by atoms with Crippen LogP contribution >= 0.6 is 0 Å². The summed E-state index contributed by atoms with van der Waals surface area (Å²) in [5.74, 6) is -0.327. The molecule has 0 saturated heterocycles. The van der Waals surface area contributed by atoms with E-state index in [1.54, 1.807) is 25.1 Å². The Labute approximate surface area is 101 Å². The molecule has 0 aromatic heterocycles. The maximum Gasteiger partial charge on any atom is 0.220 e. The van der Waals surface area contributed by atoms with Gasteiger partial charge in [0.2, 0.25) is 5.91 Å². The molecule has 1 aromatic carbocycles. The maximum absolute atomic E-state index is 13.4. The van der Waals surface area contributed by atoms with Crippen LogP contribution in [0.1, 0.15) is 31.4 Å². The SMILES string of the molecule is CNCCCC(=O)N[C@H](C)c1ccccc1F. The molecule has 1 aromatic rings. The number of hydrogen-bond acceptors (Lipinski definition) is 2. The second-order valence-corrected chi connectivity index (χ2v) is 4.02. The molecule has 0 fully saturated rings. The highest BCUT2D eigenvalue weighted by Crippen LogP contribution is 2.15. The molecule has 4 heteroatoms. The van der Waals surface area contributed by atoms with Crippen molar-refractivity contribution in [2.75, 3.05) is 13.6 Å². The van der Waals surface area contributed by atoms with E-state index < -0.39 is 0 Å². The average Bonchev–Trinajstić information content (AvgIpc) is 2.29. The van der Waals surface area contributed by atoms with Crippen LogP contribution in [0.4, 0.5) is 4.39 Å². The molecular weight excluding hydrogens is 219 g/mol. The quantitative estimate of drug-likeness (QED) is 0.744. The number of halogens is 1. The molecule has 1 rings (SSSR count). The number of carbonyl (C=O) groups is 1. The van der Waals surface area contributed by atoms with Crippen LogP contribution in [0.3, 0.4) is 0 Å². The van der Waals surface area contributed by atoms with Crippen LogP contribution in [-0.4, -0.2) is 19.5 Å². The summed E-state index contributed by atoms with van der Waals surface area (Å²) in [6.07, 6.45) is 1.24. The van der Waals surface area contributed by atoms with E-state index in [1.165, 1.54) is 6.07 Å². The van der Waals surface area contributed by atoms with Crippen molar-refractivity contribution >= 4 is 5.91 Å². The van der Waals surface area contributed by atoms with Gasteiger partial charge >= 0.3 is 0 Å². The van der Waals surface area contributed by atoms with Gasteiger partial charge in [-0.15, -0.1) is 0 Å². The van der Waals surface area contributed by atoms with Crippen LogP contribution in [0.25, 0.3) is 0 Å². The van der Waals surface area contributed by atoms with E-state index in [0.717, 1.165) is 13.0 Å². The average molecular weight is 238 g/mol. The zero-order valence-electron chi connectivity index (χ0n) is 10.3. The molecule has 1 amide bonds. The van der Waals surface area contributed by atoms with Crippen LogP contribution in [-0.2, 0) is 4.79 Å². The molecule has 0 heterocycles. The van der Waals surface area contributed by atoms with Crippen LogP contribution < -0.4 is 10.6 Å². The first-order chi connectivity index (χ1) is 8.15. The number of rotatable bonds is 6. The molecule has 0 aliphatic rings. The number of hydrogen-bond donors (Lipinski definition) is 2. The van der Waals surface area contributed by atoms with E-state index in [-0.39, 0.29) is 17.8 Å². The fraction of sp³-hybridized carbons (Fsp3) is 0.462. The van der Waals surface area contributed by atoms with Crippen molar-refractivity contribution in [2.45, 2.75) is 25.8 Å². The molecule has 0 aliphatic heterocycles. The van der Waals surface area contributed by atoms with E-state index in [9.17, 15) is 9.18 Å². The van der Waals surface area contributed by atoms with E-state index >= 15 is 0 Å². The third-order valence-corrected chi connectivity index (χ3v) is 2.58. The minimum absolute atomic E-state index is 0.0454. The second-order valence-electron chi connectivity index (χ2n) is 4.02. The van der Waals surface area contributed by atoms with Crippen molar-refractivity contribution in [2.24, 2.45) is 0 Å². The van der Waals surface area contributed by atoms with Gasteiger partial charge in [0.25, 0.3) is 0 Å². The minimum Gasteiger partial charge on any atom is -0.349 e. The van der Waals surface area contributed by atoms with Gasteiger partial charge in [0.1, 0.15) is 5.82 Å². The van der Waals surface area contributed by atoms with Gasteiger partial charge in [-0.1, -0.05) is 18.2 Å². The van der Waals surface area contributed by atoms with Crippen molar-refractivity contribution in [3.63, 3.8) is 0 Å². The normalized spacial score (nSPS) is 12.2. The van der Waals surface area contributed by atoms with Gasteiger partial charge in [0.05, 0.1) is 6.04 Å². The second kappa shape index (κ2) is 7.01. The lowest BCUT2D eigenvalue weighted by atomic mass is 10.1. The lowest BCUT2D eigenvalue weighted by molar-refractivity contribution is -0.121. The smallest absolute Gasteiger partial charge is 0.220 e. The van der Waals surface area contributed by atoms with E-state index in [4.69, 9.17) is 0 Å². The first-order valence-corrected chi connectivity index (χ1v) is 5.83. The van der Waals surface area contributed by atoms with Crippen LogP contribution in [0.2, 0.25) is 0 Å². The Bertz CT molecular complexity index is 368. The molecule has 0 spiro atoms. The van der Waals surface area contributed by atoms with Gasteiger partial charge in [-0.3, -0.25) is 4.79 Å². The highest BCUT2D eigenvalue weighted by molar-refractivity contribution is 5.76. The highest BCUT2D eigenvalue weighted by atomic mass is 19.1. The Hall–Kier alpha value is -1.42. The topological polar surface area (TPSA) is 41.1 Å². The zero-order chi connectivity index (χ0) is 12.7. The number of amides is 1. The predicted octanol–water partition coefficient (Wildman–Crippen LogP) is 2.00. The molecule has 2 N–H and O–H groups in total. The number of carbonyl (C=O) groups excluding carboxylic acids is 1. The number of nitrogens with one attached hydrogen (secondary N) is 2. The summed E-state index contributed by atoms with van der Waals surface area (Å²) >= 11 is 0. The van der Waals surface area contributed by atoms with Crippen LogP contribution in [0.5, 0.6) is 0 Å². The van der Waals surface area contributed by atoms with E-state index in [2.05, 4.69) is 10.6 Å². The molecular formula is C13H19FN2O. The summed E-state index contributed by atoms with van der Waals surface area (Å²) in [7, 11) is 1.85. The lowest BCUT2D eigenvalue weighted by Crippen LogP contribution is -2.27. The van der Waals surface area contributed by atoms with Gasteiger partial charge < -0.3 is 10.6 Å². The zero-order valence-corrected chi connectivity index (χ0v) is 10.3. The van der Waals surface area contributed by atoms with Gasteiger partial charge in [-0.05, 0) is 33.0 Å². The van der Waals surface area contributed by atoms with Gasteiger partial charge in [-0.2, -0.15) is 0 Å². The van der Waals surface area contributed by atoms with Crippen molar-refractivity contribution in [1.29, 1.82) is 0 Å². The Morgan fingerprint density at radius 2 is 2.12 bits per heavy atom. The summed E-state index contributed by atoms with van der Waals surface area (Å²) in [6.45, 7) is 2.59. The first kappa shape index (κ1) is 13.6. The number of benzene rings is 1. The molecule has 1 atom stereocenters. The monoisotopic (exact) mass is 238 g/mol. The van der Waals surface area contributed by atoms with Crippen molar-refractivity contribution in [3.8, 4) is 0 Å². The van der Waals surface area contributed by atoms with Gasteiger partial charge in [-0.25, -0.2) is 4.39 Å². The molecule has 0 aliphatic carbocycles. The maximum atomic E-state index is 13.4. The Morgan fingerprint density at radius 1 is 1.41 bits per heavy atom.